The van der Waals surface area contributed by atoms with E-state index in [-0.39, 0.29) is 30.9 Å². The number of aliphatic carboxylic acids is 1. The molecule has 0 aliphatic rings. The fourth-order valence-corrected chi connectivity index (χ4v) is 2.73. The van der Waals surface area contributed by atoms with Crippen LogP contribution in [0.15, 0.2) is 30.3 Å². The average molecular weight is 327 g/mol. The number of likely N-dealkylation sites (N-methyl/N-ethyl adjacent to an activating group) is 1. The number of amides is 1. The number of carboxylic acid groups (broad SMARTS) is 1. The van der Waals surface area contributed by atoms with Gasteiger partial charge in [-0.1, -0.05) is 30.3 Å². The lowest BCUT2D eigenvalue weighted by Gasteiger charge is -2.25. The van der Waals surface area contributed by atoms with E-state index in [9.17, 15) is 23.1 Å². The molecule has 1 atom stereocenters. The smallest absolute Gasteiger partial charge is 0.326 e. The Morgan fingerprint density at radius 3 is 2.32 bits per heavy atom. The van der Waals surface area contributed by atoms with E-state index in [2.05, 4.69) is 0 Å². The fraction of sp³-hybridized carbons (Fsp3) is 0.467. The lowest BCUT2D eigenvalue weighted by Crippen LogP contribution is -2.43. The highest BCUT2D eigenvalue weighted by Crippen LogP contribution is 2.10. The summed E-state index contributed by atoms with van der Waals surface area (Å²) in [5, 5.41) is 9.32. The minimum absolute atomic E-state index is 0.0160. The van der Waals surface area contributed by atoms with Gasteiger partial charge in [-0.05, 0) is 12.0 Å². The minimum atomic E-state index is -3.12. The zero-order valence-corrected chi connectivity index (χ0v) is 13.5. The van der Waals surface area contributed by atoms with Gasteiger partial charge in [0.2, 0.25) is 5.91 Å². The molecule has 0 heterocycles. The van der Waals surface area contributed by atoms with Crippen LogP contribution in [0.25, 0.3) is 0 Å². The topological polar surface area (TPSA) is 91.8 Å². The molecule has 0 aromatic heterocycles. The van der Waals surface area contributed by atoms with Gasteiger partial charge in [0.05, 0.1) is 5.75 Å². The lowest BCUT2D eigenvalue weighted by molar-refractivity contribution is -0.149. The number of sulfone groups is 1. The van der Waals surface area contributed by atoms with Gasteiger partial charge in [0.15, 0.2) is 0 Å². The Balaban J connectivity index is 2.66. The Labute approximate surface area is 130 Å². The van der Waals surface area contributed by atoms with Gasteiger partial charge in [-0.2, -0.15) is 0 Å². The first kappa shape index (κ1) is 18.2. The number of hydrogen-bond donors (Lipinski definition) is 1. The van der Waals surface area contributed by atoms with Gasteiger partial charge in [-0.25, -0.2) is 13.2 Å². The summed E-state index contributed by atoms with van der Waals surface area (Å²) < 4.78 is 22.1. The van der Waals surface area contributed by atoms with Gasteiger partial charge in [-0.15, -0.1) is 0 Å². The van der Waals surface area contributed by atoms with Crippen molar-refractivity contribution >= 4 is 21.7 Å². The molecule has 0 saturated heterocycles. The van der Waals surface area contributed by atoms with E-state index in [4.69, 9.17) is 0 Å². The molecule has 122 valence electrons. The van der Waals surface area contributed by atoms with E-state index in [1.807, 2.05) is 18.2 Å². The summed E-state index contributed by atoms with van der Waals surface area (Å²) in [6, 6.07) is 8.09. The predicted octanol–water partition coefficient (Wildman–Crippen LogP) is 0.965. The number of carbonyl (C=O) groups excluding carboxylic acids is 1. The summed E-state index contributed by atoms with van der Waals surface area (Å²) in [5.74, 6) is -1.53. The lowest BCUT2D eigenvalue weighted by atomic mass is 10.0. The van der Waals surface area contributed by atoms with Crippen molar-refractivity contribution < 1.29 is 23.1 Å². The van der Waals surface area contributed by atoms with Gasteiger partial charge >= 0.3 is 5.97 Å². The van der Waals surface area contributed by atoms with Crippen LogP contribution in [0.2, 0.25) is 0 Å². The second-order valence-corrected chi connectivity index (χ2v) is 7.54. The van der Waals surface area contributed by atoms with Crippen LogP contribution < -0.4 is 0 Å². The van der Waals surface area contributed by atoms with Crippen molar-refractivity contribution in [3.05, 3.63) is 35.9 Å². The van der Waals surface area contributed by atoms with Crippen LogP contribution in [0.4, 0.5) is 0 Å². The van der Waals surface area contributed by atoms with Crippen LogP contribution in [0.5, 0.6) is 0 Å². The molecule has 1 amide bonds. The Hall–Kier alpha value is -1.89. The molecule has 0 aliphatic heterocycles. The fourth-order valence-electron chi connectivity index (χ4n) is 2.06. The van der Waals surface area contributed by atoms with Crippen LogP contribution in [0, 0.1) is 0 Å². The molecule has 6 nitrogen and oxygen atoms in total. The van der Waals surface area contributed by atoms with E-state index in [1.54, 1.807) is 12.1 Å². The van der Waals surface area contributed by atoms with E-state index in [1.165, 1.54) is 11.9 Å². The molecule has 1 aromatic carbocycles. The van der Waals surface area contributed by atoms with Crippen LogP contribution in [0.1, 0.15) is 18.4 Å². The summed E-state index contributed by atoms with van der Waals surface area (Å²) >= 11 is 0. The number of benzene rings is 1. The maximum Gasteiger partial charge on any atom is 0.326 e. The highest BCUT2D eigenvalue weighted by Gasteiger charge is 2.26. The first-order chi connectivity index (χ1) is 10.2. The monoisotopic (exact) mass is 327 g/mol. The van der Waals surface area contributed by atoms with Gasteiger partial charge < -0.3 is 10.0 Å². The molecule has 0 fully saturated rings. The molecule has 0 saturated carbocycles. The Bertz CT molecular complexity index is 612. The van der Waals surface area contributed by atoms with Crippen LogP contribution in [-0.2, 0) is 25.8 Å². The normalized spacial score (nSPS) is 12.6. The Morgan fingerprint density at radius 2 is 1.82 bits per heavy atom. The molecule has 1 aromatic rings. The highest BCUT2D eigenvalue weighted by molar-refractivity contribution is 7.90. The van der Waals surface area contributed by atoms with Gasteiger partial charge in [0.1, 0.15) is 15.9 Å². The molecule has 0 radical (unpaired) electrons. The summed E-state index contributed by atoms with van der Waals surface area (Å²) in [6.45, 7) is 0. The van der Waals surface area contributed by atoms with Crippen LogP contribution in [-0.4, -0.2) is 55.4 Å². The van der Waals surface area contributed by atoms with Crippen molar-refractivity contribution in [2.45, 2.75) is 25.3 Å². The molecular formula is C15H21NO5S. The van der Waals surface area contributed by atoms with Crippen molar-refractivity contribution in [1.82, 2.24) is 4.90 Å². The maximum absolute atomic E-state index is 12.0. The molecule has 7 heteroatoms. The second-order valence-electron chi connectivity index (χ2n) is 5.28. The van der Waals surface area contributed by atoms with E-state index in [0.29, 0.717) is 0 Å². The highest BCUT2D eigenvalue weighted by atomic mass is 32.2. The third kappa shape index (κ3) is 6.26. The van der Waals surface area contributed by atoms with Crippen LogP contribution >= 0.6 is 0 Å². The van der Waals surface area contributed by atoms with Crippen molar-refractivity contribution in [1.29, 1.82) is 0 Å². The van der Waals surface area contributed by atoms with Crippen molar-refractivity contribution in [3.63, 3.8) is 0 Å². The predicted molar refractivity (Wildman–Crippen MR) is 83.3 cm³/mol. The molecule has 1 rings (SSSR count). The van der Waals surface area contributed by atoms with E-state index < -0.39 is 21.8 Å². The first-order valence-corrected chi connectivity index (χ1v) is 8.97. The van der Waals surface area contributed by atoms with Crippen molar-refractivity contribution in [2.24, 2.45) is 0 Å². The Kier molecular flexibility index (Phi) is 6.55. The standard InChI is InChI=1S/C15H21NO5S/c1-16(14(17)9-6-10-22(2,20)21)13(15(18)19)11-12-7-4-3-5-8-12/h3-5,7-8,13H,6,9-11H2,1-2H3,(H,18,19). The first-order valence-electron chi connectivity index (χ1n) is 6.91. The quantitative estimate of drug-likeness (QED) is 0.768. The summed E-state index contributed by atoms with van der Waals surface area (Å²) in [4.78, 5) is 24.6. The molecule has 0 spiro atoms. The van der Waals surface area contributed by atoms with Gasteiger partial charge in [0.25, 0.3) is 0 Å². The van der Waals surface area contributed by atoms with Crippen LogP contribution in [0.3, 0.4) is 0 Å². The molecule has 1 unspecified atom stereocenters. The number of carboxylic acids is 1. The number of hydrogen-bond acceptors (Lipinski definition) is 4. The molecule has 0 bridgehead atoms. The summed E-state index contributed by atoms with van der Waals surface area (Å²) in [6.07, 6.45) is 1.53. The molecule has 22 heavy (non-hydrogen) atoms. The van der Waals surface area contributed by atoms with Gasteiger partial charge in [0, 0.05) is 26.1 Å². The van der Waals surface area contributed by atoms with E-state index in [0.717, 1.165) is 11.8 Å². The third-order valence-corrected chi connectivity index (χ3v) is 4.35. The molecular weight excluding hydrogens is 306 g/mol. The summed E-state index contributed by atoms with van der Waals surface area (Å²) in [7, 11) is -1.68. The zero-order chi connectivity index (χ0) is 16.8. The number of nitrogens with zero attached hydrogens (tertiary/aromatic N) is 1. The maximum atomic E-state index is 12.0. The SMILES string of the molecule is CN(C(=O)CCCS(C)(=O)=O)C(Cc1ccccc1)C(=O)O. The zero-order valence-electron chi connectivity index (χ0n) is 12.7. The Morgan fingerprint density at radius 1 is 1.23 bits per heavy atom. The summed E-state index contributed by atoms with van der Waals surface area (Å²) in [5.41, 5.74) is 0.825. The average Bonchev–Trinajstić information content (AvgIpc) is 2.43. The second kappa shape index (κ2) is 7.93. The van der Waals surface area contributed by atoms with Crippen molar-refractivity contribution in [2.75, 3.05) is 19.1 Å². The molecule has 1 N–H and O–H groups in total. The van der Waals surface area contributed by atoms with Crippen molar-refractivity contribution in [3.8, 4) is 0 Å². The number of rotatable bonds is 8. The third-order valence-electron chi connectivity index (χ3n) is 3.32. The molecule has 0 aliphatic carbocycles. The largest absolute Gasteiger partial charge is 0.480 e. The van der Waals surface area contributed by atoms with E-state index >= 15 is 0 Å². The minimum Gasteiger partial charge on any atom is -0.480 e. The van der Waals surface area contributed by atoms with Gasteiger partial charge in [-0.3, -0.25) is 4.79 Å². The number of carbonyl (C=O) groups is 2.